The Morgan fingerprint density at radius 2 is 1.57 bits per heavy atom. The lowest BCUT2D eigenvalue weighted by atomic mass is 9.85. The van der Waals surface area contributed by atoms with Gasteiger partial charge in [-0.2, -0.15) is 0 Å². The second kappa shape index (κ2) is 9.41. The lowest BCUT2D eigenvalue weighted by Gasteiger charge is -2.34. The predicted octanol–water partition coefficient (Wildman–Crippen LogP) is 10.4. The van der Waals surface area contributed by atoms with E-state index in [1.807, 2.05) is 12.3 Å². The van der Waals surface area contributed by atoms with Crippen LogP contribution in [0.15, 0.2) is 125 Å². The topological polar surface area (TPSA) is 48.2 Å². The van der Waals surface area contributed by atoms with Gasteiger partial charge in [0.15, 0.2) is 0 Å². The van der Waals surface area contributed by atoms with Gasteiger partial charge in [-0.1, -0.05) is 60.7 Å². The summed E-state index contributed by atoms with van der Waals surface area (Å²) in [5.74, 6) is 1.02. The Kier molecular flexibility index (Phi) is 5.24. The van der Waals surface area contributed by atoms with E-state index in [1.54, 1.807) is 0 Å². The van der Waals surface area contributed by atoms with Crippen molar-refractivity contribution in [3.05, 3.63) is 132 Å². The first-order valence-corrected chi connectivity index (χ1v) is 16.0. The Morgan fingerprint density at radius 3 is 2.48 bits per heavy atom. The second-order valence-electron chi connectivity index (χ2n) is 12.7. The predicted molar refractivity (Wildman–Crippen MR) is 189 cm³/mol. The van der Waals surface area contributed by atoms with Gasteiger partial charge in [-0.3, -0.25) is 9.98 Å². The van der Waals surface area contributed by atoms with Gasteiger partial charge >= 0.3 is 0 Å². The minimum atomic E-state index is -0.368. The van der Waals surface area contributed by atoms with E-state index in [1.165, 1.54) is 22.2 Å². The molecule has 0 spiro atoms. The molecule has 1 atom stereocenters. The normalized spacial score (nSPS) is 17.3. The molecule has 1 unspecified atom stereocenters. The Bertz CT molecular complexity index is 2580. The number of nitrogens with zero attached hydrogens (tertiary/aromatic N) is 4. The van der Waals surface area contributed by atoms with Crippen molar-refractivity contribution >= 4 is 61.8 Å². The molecule has 4 aromatic carbocycles. The molecule has 1 aliphatic heterocycles. The van der Waals surface area contributed by atoms with E-state index in [0.29, 0.717) is 0 Å². The number of rotatable bonds is 3. The van der Waals surface area contributed by atoms with Crippen LogP contribution in [0.5, 0.6) is 0 Å². The monoisotopic (exact) mass is 594 g/mol. The van der Waals surface area contributed by atoms with Gasteiger partial charge in [-0.05, 0) is 91.9 Å². The fourth-order valence-corrected chi connectivity index (χ4v) is 7.99. The molecule has 4 aromatic heterocycles. The van der Waals surface area contributed by atoms with E-state index in [-0.39, 0.29) is 5.54 Å². The van der Waals surface area contributed by atoms with E-state index in [4.69, 9.17) is 14.4 Å². The van der Waals surface area contributed by atoms with Crippen molar-refractivity contribution in [3.8, 4) is 16.8 Å². The molecule has 0 fully saturated rings. The van der Waals surface area contributed by atoms with E-state index in [0.717, 1.165) is 80.4 Å². The van der Waals surface area contributed by atoms with Crippen LogP contribution in [0, 0.1) is 0 Å². The van der Waals surface area contributed by atoms with E-state index in [2.05, 4.69) is 131 Å². The highest BCUT2D eigenvalue weighted by molar-refractivity contribution is 6.08. The molecule has 10 rings (SSSR count). The minimum Gasteiger partial charge on any atom is -0.458 e. The molecular formula is C41H30N4O. The largest absolute Gasteiger partial charge is 0.458 e. The number of aliphatic imine (C=N–C) groups is 1. The van der Waals surface area contributed by atoms with Crippen LogP contribution in [0.4, 0.5) is 5.69 Å². The summed E-state index contributed by atoms with van der Waals surface area (Å²) in [6.45, 7) is 2.33. The standard InChI is InChI=1S/C41H30N4O/c1-41(45-34-14-6-5-12-30(34)38-36(45)16-9-23-42-38)21-7-13-29-31-24-27(18-20-37(31)46-40(29)41)26-17-19-33-32(25-26)39-35(15-8-22-43-39)44(33)28-10-3-2-4-11-28/h2-8,10-15,17-20,22-25H,9,16,21H2,1H3. The SMILES string of the molecule is CC1(n2c3c(c4ccccc42)N=CCC3)CC=Cc2c1oc1ccc(-c3ccc4c(c3)c3ncccc3n4-c3ccccc3)cc21. The summed E-state index contributed by atoms with van der Waals surface area (Å²) >= 11 is 0. The van der Waals surface area contributed by atoms with Crippen LogP contribution in [-0.2, 0) is 12.0 Å². The Morgan fingerprint density at radius 1 is 0.761 bits per heavy atom. The van der Waals surface area contributed by atoms with Crippen LogP contribution in [0.25, 0.3) is 66.7 Å². The molecule has 0 bridgehead atoms. The Labute approximate surface area is 265 Å². The van der Waals surface area contributed by atoms with Gasteiger partial charge in [-0.15, -0.1) is 0 Å². The molecule has 5 nitrogen and oxygen atoms in total. The molecule has 8 aromatic rings. The third-order valence-corrected chi connectivity index (χ3v) is 10.1. The first-order valence-electron chi connectivity index (χ1n) is 16.0. The Balaban J connectivity index is 1.14. The van der Waals surface area contributed by atoms with Gasteiger partial charge in [0.25, 0.3) is 0 Å². The van der Waals surface area contributed by atoms with E-state index >= 15 is 0 Å². The van der Waals surface area contributed by atoms with Crippen LogP contribution in [-0.4, -0.2) is 20.3 Å². The molecule has 2 aliphatic rings. The first kappa shape index (κ1) is 25.6. The highest BCUT2D eigenvalue weighted by Gasteiger charge is 2.40. The second-order valence-corrected chi connectivity index (χ2v) is 12.7. The zero-order chi connectivity index (χ0) is 30.4. The summed E-state index contributed by atoms with van der Waals surface area (Å²) in [6, 6.07) is 36.7. The average Bonchev–Trinajstić information content (AvgIpc) is 3.77. The maximum atomic E-state index is 6.82. The number of hydrogen-bond donors (Lipinski definition) is 0. The highest BCUT2D eigenvalue weighted by Crippen LogP contribution is 2.48. The van der Waals surface area contributed by atoms with Crippen molar-refractivity contribution in [2.75, 3.05) is 0 Å². The summed E-state index contributed by atoms with van der Waals surface area (Å²) in [5.41, 5.74) is 12.1. The third kappa shape index (κ3) is 3.45. The van der Waals surface area contributed by atoms with E-state index < -0.39 is 0 Å². The zero-order valence-electron chi connectivity index (χ0n) is 25.4. The molecule has 5 heterocycles. The molecule has 0 N–H and O–H groups in total. The maximum absolute atomic E-state index is 6.82. The number of allylic oxidation sites excluding steroid dienone is 1. The number of para-hydroxylation sites is 2. The van der Waals surface area contributed by atoms with Gasteiger partial charge in [0.1, 0.15) is 16.9 Å². The molecule has 0 saturated heterocycles. The summed E-state index contributed by atoms with van der Waals surface area (Å²) in [7, 11) is 0. The van der Waals surface area contributed by atoms with Crippen LogP contribution < -0.4 is 0 Å². The van der Waals surface area contributed by atoms with Crippen molar-refractivity contribution in [3.63, 3.8) is 0 Å². The summed E-state index contributed by atoms with van der Waals surface area (Å²) in [6.07, 6.45) is 11.3. The van der Waals surface area contributed by atoms with E-state index in [9.17, 15) is 0 Å². The molecule has 0 saturated carbocycles. The number of furan rings is 1. The van der Waals surface area contributed by atoms with Crippen molar-refractivity contribution in [1.82, 2.24) is 14.1 Å². The third-order valence-electron chi connectivity index (χ3n) is 10.1. The van der Waals surface area contributed by atoms with Crippen molar-refractivity contribution in [2.24, 2.45) is 4.99 Å². The lowest BCUT2D eigenvalue weighted by Crippen LogP contribution is -2.34. The lowest BCUT2D eigenvalue weighted by molar-refractivity contribution is 0.320. The van der Waals surface area contributed by atoms with Crippen LogP contribution in [0.1, 0.15) is 36.8 Å². The maximum Gasteiger partial charge on any atom is 0.138 e. The molecule has 1 aliphatic carbocycles. The molecule has 46 heavy (non-hydrogen) atoms. The van der Waals surface area contributed by atoms with Gasteiger partial charge in [0.05, 0.1) is 27.8 Å². The quantitative estimate of drug-likeness (QED) is 0.204. The number of benzene rings is 4. The van der Waals surface area contributed by atoms with Crippen molar-refractivity contribution < 1.29 is 4.42 Å². The minimum absolute atomic E-state index is 0.368. The van der Waals surface area contributed by atoms with Gasteiger partial charge in [-0.25, -0.2) is 0 Å². The molecule has 0 radical (unpaired) electrons. The van der Waals surface area contributed by atoms with Crippen LogP contribution >= 0.6 is 0 Å². The van der Waals surface area contributed by atoms with Gasteiger partial charge in [0.2, 0.25) is 0 Å². The Hall–Kier alpha value is -5.68. The highest BCUT2D eigenvalue weighted by atomic mass is 16.3. The summed E-state index contributed by atoms with van der Waals surface area (Å²) in [4.78, 5) is 9.70. The molecule has 5 heteroatoms. The first-order chi connectivity index (χ1) is 22.7. The zero-order valence-corrected chi connectivity index (χ0v) is 25.4. The average molecular weight is 595 g/mol. The van der Waals surface area contributed by atoms with Gasteiger partial charge in [0, 0.05) is 45.5 Å². The fourth-order valence-electron chi connectivity index (χ4n) is 7.99. The summed E-state index contributed by atoms with van der Waals surface area (Å²) < 4.78 is 11.6. The number of fused-ring (bicyclic) bond motifs is 9. The van der Waals surface area contributed by atoms with Crippen molar-refractivity contribution in [2.45, 2.75) is 31.7 Å². The van der Waals surface area contributed by atoms with Crippen LogP contribution in [0.2, 0.25) is 0 Å². The van der Waals surface area contributed by atoms with Crippen LogP contribution in [0.3, 0.4) is 0 Å². The molecule has 220 valence electrons. The van der Waals surface area contributed by atoms with Gasteiger partial charge < -0.3 is 13.6 Å². The molecule has 0 amide bonds. The number of hydrogen-bond acceptors (Lipinski definition) is 3. The number of pyridine rings is 1. The fraction of sp³-hybridized carbons (Fsp3) is 0.122. The number of aromatic nitrogens is 3. The van der Waals surface area contributed by atoms with Crippen molar-refractivity contribution in [1.29, 1.82) is 0 Å². The smallest absolute Gasteiger partial charge is 0.138 e. The summed E-state index contributed by atoms with van der Waals surface area (Å²) in [5, 5.41) is 3.50. The molecular weight excluding hydrogens is 564 g/mol.